The molecule has 42 nitrogen and oxygen atoms in total. The Kier molecular flexibility index (Phi) is 52.7. The van der Waals surface area contributed by atoms with Crippen molar-refractivity contribution in [3.05, 3.63) is 281 Å². The Balaban J connectivity index is 0.000000340. The number of aliphatic hydroxyl groups excluding tert-OH is 4. The van der Waals surface area contributed by atoms with Crippen LogP contribution < -0.4 is 37.2 Å². The highest BCUT2D eigenvalue weighted by molar-refractivity contribution is 5.99. The number of anilines is 7. The summed E-state index contributed by atoms with van der Waals surface area (Å²) in [5, 5.41) is 51.9. The fourth-order valence-electron chi connectivity index (χ4n) is 9.41. The molecule has 0 aromatic heterocycles. The molecule has 134 heavy (non-hydrogen) atoms. The predicted octanol–water partition coefficient (Wildman–Crippen LogP) is 6.57. The van der Waals surface area contributed by atoms with Crippen molar-refractivity contribution >= 4 is 141 Å². The van der Waals surface area contributed by atoms with E-state index in [4.69, 9.17) is 44.1 Å². The summed E-state index contributed by atoms with van der Waals surface area (Å²) in [5.41, 5.74) is 7.64. The Hall–Kier alpha value is -16.5. The van der Waals surface area contributed by atoms with Gasteiger partial charge in [0.2, 0.25) is 35.4 Å². The number of ether oxygens (including phenoxy) is 14. The lowest BCUT2D eigenvalue weighted by atomic mass is 10.1. The van der Waals surface area contributed by atoms with E-state index in [0.29, 0.717) is 59.6 Å². The molecule has 7 amide bonds. The first kappa shape index (κ1) is 110. The minimum absolute atomic E-state index is 0.0356. The second-order valence-corrected chi connectivity index (χ2v) is 25.9. The van der Waals surface area contributed by atoms with Crippen LogP contribution in [0.25, 0.3) is 0 Å². The molecule has 42 heteroatoms. The third-order valence-corrected chi connectivity index (χ3v) is 16.0. The summed E-state index contributed by atoms with van der Waals surface area (Å²) in [6.45, 7) is -3.59. The molecule has 9 rings (SSSR count). The number of benzene rings is 9. The van der Waals surface area contributed by atoms with Gasteiger partial charge in [0.15, 0.2) is 33.0 Å². The van der Waals surface area contributed by atoms with Gasteiger partial charge in [-0.3, -0.25) is 34.1 Å². The lowest BCUT2D eigenvalue weighted by molar-refractivity contribution is -0.144. The van der Waals surface area contributed by atoms with Crippen molar-refractivity contribution in [2.24, 2.45) is 0 Å². The maximum Gasteiger partial charge on any atom is 0.411 e. The van der Waals surface area contributed by atoms with E-state index in [1.54, 1.807) is 60.7 Å². The van der Waals surface area contributed by atoms with Gasteiger partial charge in [-0.25, -0.2) is 52.7 Å². The highest BCUT2D eigenvalue weighted by atomic mass is 16.6. The van der Waals surface area contributed by atoms with Crippen molar-refractivity contribution in [3.8, 4) is 0 Å². The molecule has 0 heterocycles. The lowest BCUT2D eigenvalue weighted by Gasteiger charge is -2.09. The second kappa shape index (κ2) is 64.3. The van der Waals surface area contributed by atoms with E-state index in [-0.39, 0.29) is 78.6 Å². The van der Waals surface area contributed by atoms with Gasteiger partial charge < -0.3 is 119 Å². The molecule has 0 bridgehead atoms. The van der Waals surface area contributed by atoms with Gasteiger partial charge >= 0.3 is 65.8 Å². The summed E-state index contributed by atoms with van der Waals surface area (Å²) < 4.78 is 66.0. The van der Waals surface area contributed by atoms with Gasteiger partial charge in [0.1, 0.15) is 46.2 Å². The monoisotopic (exact) mass is 1860 g/mol. The molecule has 0 aliphatic rings. The number of carbonyl (C=O) groups is 17. The van der Waals surface area contributed by atoms with Crippen LogP contribution in [-0.4, -0.2) is 243 Å². The van der Waals surface area contributed by atoms with Crippen molar-refractivity contribution < 1.29 is 168 Å². The SMILES string of the molecule is COC(=O)COC(=O)c1ccc(C(=O)OCC(=O)OC)cc1.COC(=O)COC(=O)c1ccc(NC(=O)CO)cc1.COC(=O)COC(=O)c1ccc(NC(=O)COCc2ccccc2)cc1.COC(=O)COC(=O)c1ccc(NC(=O)OCCO)cc1.O=C(CO)Nc1ccc(NC(=O)CO)cc1.O=C(COCc1ccccc1)Nc1ccc(NC(=O)COCc2ccccc2)cc1. The molecule has 0 radical (unpaired) electrons. The fourth-order valence-corrected chi connectivity index (χ4v) is 9.41. The molecular formula is C92H97N7O35. The number of methoxy groups -OCH3 is 5. The number of carbonyl (C=O) groups excluding carboxylic acids is 17. The molecular weight excluding hydrogens is 1760 g/mol. The number of amides is 7. The van der Waals surface area contributed by atoms with E-state index < -0.39 is 136 Å². The molecule has 0 unspecified atom stereocenters. The Morgan fingerprint density at radius 2 is 0.410 bits per heavy atom. The number of hydrogen-bond acceptors (Lipinski definition) is 35. The number of nitrogens with one attached hydrogen (secondary N) is 7. The van der Waals surface area contributed by atoms with Gasteiger partial charge in [0, 0.05) is 39.8 Å². The molecule has 0 spiro atoms. The topological polar surface area (TPSA) is 585 Å². The van der Waals surface area contributed by atoms with E-state index in [9.17, 15) is 81.5 Å². The smallest absolute Gasteiger partial charge is 0.411 e. The third kappa shape index (κ3) is 47.5. The Morgan fingerprint density at radius 1 is 0.224 bits per heavy atom. The molecule has 0 saturated carbocycles. The Bertz CT molecular complexity index is 5070. The average Bonchev–Trinajstić information content (AvgIpc) is 0.964. The first-order valence-electron chi connectivity index (χ1n) is 39.3. The van der Waals surface area contributed by atoms with Crippen LogP contribution in [0.1, 0.15) is 68.5 Å². The Labute approximate surface area is 765 Å². The zero-order valence-electron chi connectivity index (χ0n) is 72.8. The highest BCUT2D eigenvalue weighted by Crippen LogP contribution is 2.19. The summed E-state index contributed by atoms with van der Waals surface area (Å²) >= 11 is 0. The van der Waals surface area contributed by atoms with Crippen molar-refractivity contribution in [2.75, 3.05) is 159 Å². The lowest BCUT2D eigenvalue weighted by Crippen LogP contribution is -2.19. The molecule has 11 N–H and O–H groups in total. The van der Waals surface area contributed by atoms with Gasteiger partial charge in [-0.05, 0) is 162 Å². The van der Waals surface area contributed by atoms with Gasteiger partial charge in [0.05, 0.1) is 89.8 Å². The summed E-state index contributed by atoms with van der Waals surface area (Å²) in [5.74, 6) is -9.16. The first-order valence-corrected chi connectivity index (χ1v) is 39.3. The minimum Gasteiger partial charge on any atom is -0.466 e. The van der Waals surface area contributed by atoms with E-state index in [0.717, 1.165) is 16.7 Å². The maximum atomic E-state index is 12.0. The average molecular weight is 1860 g/mol. The molecule has 0 aliphatic carbocycles. The number of hydrogen-bond donors (Lipinski definition) is 11. The van der Waals surface area contributed by atoms with Crippen LogP contribution in [0.3, 0.4) is 0 Å². The fraction of sp³-hybridized carbons (Fsp3) is 0.228. The Morgan fingerprint density at radius 3 is 0.604 bits per heavy atom. The zero-order valence-corrected chi connectivity index (χ0v) is 72.8. The molecule has 0 saturated heterocycles. The molecule has 9 aromatic rings. The van der Waals surface area contributed by atoms with E-state index in [1.807, 2.05) is 91.0 Å². The molecule has 0 aliphatic heterocycles. The molecule has 9 aromatic carbocycles. The van der Waals surface area contributed by atoms with E-state index >= 15 is 0 Å². The number of rotatable bonds is 39. The van der Waals surface area contributed by atoms with Crippen LogP contribution >= 0.6 is 0 Å². The molecule has 0 fully saturated rings. The number of aliphatic hydroxyl groups is 4. The second-order valence-electron chi connectivity index (χ2n) is 25.9. The highest BCUT2D eigenvalue weighted by Gasteiger charge is 2.18. The van der Waals surface area contributed by atoms with Crippen LogP contribution in [-0.2, 0) is 139 Å². The normalized spacial score (nSPS) is 9.86. The van der Waals surface area contributed by atoms with Crippen molar-refractivity contribution in [2.45, 2.75) is 19.8 Å². The summed E-state index contributed by atoms with van der Waals surface area (Å²) in [4.78, 5) is 192. The maximum absolute atomic E-state index is 12.0. The van der Waals surface area contributed by atoms with Crippen molar-refractivity contribution in [3.63, 3.8) is 0 Å². The number of esters is 10. The first-order chi connectivity index (χ1) is 64.5. The van der Waals surface area contributed by atoms with Crippen LogP contribution in [0.2, 0.25) is 0 Å². The predicted molar refractivity (Wildman–Crippen MR) is 474 cm³/mol. The van der Waals surface area contributed by atoms with Crippen molar-refractivity contribution in [1.29, 1.82) is 0 Å². The third-order valence-electron chi connectivity index (χ3n) is 16.0. The van der Waals surface area contributed by atoms with Gasteiger partial charge in [0.25, 0.3) is 0 Å². The van der Waals surface area contributed by atoms with Crippen LogP contribution in [0.4, 0.5) is 44.6 Å². The standard InChI is InChI=1S/C24H24N2O4.C19H19NO6.C14H14O8.C13H15NO7.C12H13NO6.C10H12N2O4/c27-23(17-29-15-19-7-3-1-4-8-19)25-21-11-13-22(14-12-21)26-24(28)18-30-16-20-9-5-2-6-10-20;1-24-18(22)13-26-19(23)15-7-9-16(10-8-15)20-17(21)12-25-11-14-5-3-2-4-6-14;1-19-11(15)7-21-13(17)9-3-5-10(6-4-9)14(18)22-8-12(16)20-2;1-19-11(16)8-21-12(17)9-2-4-10(5-3-9)14-13(18)20-7-6-15;1-18-11(16)7-19-12(17)8-2-4-9(5-3-8)13-10(15)6-14;13-5-9(15)11-7-1-2-8(4-3-7)12-10(16)6-14/h1-14H,15-18H2,(H,25,27)(H,26,28);2-10H,11-13H2,1H3,(H,20,21);3-6H,7-8H2,1-2H3;2-5,15H,6-8H2,1H3,(H,14,18);2-5,14H,6-7H2,1H3,(H,13,15);1-4,13-14H,5-6H2,(H,11,15)(H,12,16). The van der Waals surface area contributed by atoms with E-state index in [1.165, 1.54) is 120 Å². The van der Waals surface area contributed by atoms with E-state index in [2.05, 4.69) is 79.8 Å². The van der Waals surface area contributed by atoms with Crippen molar-refractivity contribution in [1.82, 2.24) is 0 Å². The quantitative estimate of drug-likeness (QED) is 0.0143. The summed E-state index contributed by atoms with van der Waals surface area (Å²) in [6, 6.07) is 65.0. The largest absolute Gasteiger partial charge is 0.466 e. The van der Waals surface area contributed by atoms with Crippen LogP contribution in [0, 0.1) is 0 Å². The van der Waals surface area contributed by atoms with Gasteiger partial charge in [-0.15, -0.1) is 0 Å². The summed E-state index contributed by atoms with van der Waals surface area (Å²) in [7, 11) is 5.92. The molecule has 710 valence electrons. The zero-order chi connectivity index (χ0) is 98.2. The van der Waals surface area contributed by atoms with Crippen LogP contribution in [0.5, 0.6) is 0 Å². The van der Waals surface area contributed by atoms with Crippen LogP contribution in [0.15, 0.2) is 237 Å². The summed E-state index contributed by atoms with van der Waals surface area (Å²) in [6.07, 6.45) is -0.718. The minimum atomic E-state index is -0.736. The van der Waals surface area contributed by atoms with Gasteiger partial charge in [-0.1, -0.05) is 91.0 Å². The molecule has 0 atom stereocenters. The van der Waals surface area contributed by atoms with Gasteiger partial charge in [-0.2, -0.15) is 0 Å².